The first-order valence-electron chi connectivity index (χ1n) is 6.75. The number of hydrogen-bond donors (Lipinski definition) is 1. The van der Waals surface area contributed by atoms with Gasteiger partial charge in [0.2, 0.25) is 0 Å². The Hall–Kier alpha value is -1.54. The van der Waals surface area contributed by atoms with Gasteiger partial charge in [-0.15, -0.1) is 0 Å². The summed E-state index contributed by atoms with van der Waals surface area (Å²) in [4.78, 5) is 0. The molecule has 94 valence electrons. The van der Waals surface area contributed by atoms with E-state index in [1.54, 1.807) is 0 Å². The molecule has 0 amide bonds. The summed E-state index contributed by atoms with van der Waals surface area (Å²) in [6.07, 6.45) is 8.35. The minimum absolute atomic E-state index is 0.791. The second kappa shape index (κ2) is 5.40. The molecule has 0 saturated carbocycles. The molecule has 2 heteroatoms. The summed E-state index contributed by atoms with van der Waals surface area (Å²) in [7, 11) is 0. The van der Waals surface area contributed by atoms with Gasteiger partial charge in [-0.25, -0.2) is 0 Å². The standard InChI is InChI=1S/C16H19NO/c1-2-6-13(7-3-1)11-17-12-15-10-14-8-4-5-9-16(14)18-15/h1-2,4-5,8-10,13,17H,3,6-7,11-12H2. The van der Waals surface area contributed by atoms with Crippen molar-refractivity contribution >= 4 is 11.0 Å². The van der Waals surface area contributed by atoms with Crippen LogP contribution in [0.25, 0.3) is 11.0 Å². The maximum Gasteiger partial charge on any atom is 0.134 e. The zero-order chi connectivity index (χ0) is 12.2. The molecule has 0 bridgehead atoms. The van der Waals surface area contributed by atoms with Gasteiger partial charge in [-0.3, -0.25) is 0 Å². The SMILES string of the molecule is C1=CCC(CNCc2cc3ccccc3o2)CC1. The predicted molar refractivity (Wildman–Crippen MR) is 74.4 cm³/mol. The molecule has 1 aromatic heterocycles. The molecule has 0 spiro atoms. The first-order valence-corrected chi connectivity index (χ1v) is 6.75. The van der Waals surface area contributed by atoms with Crippen molar-refractivity contribution in [2.24, 2.45) is 5.92 Å². The van der Waals surface area contributed by atoms with E-state index in [0.29, 0.717) is 0 Å². The lowest BCUT2D eigenvalue weighted by Gasteiger charge is -2.17. The van der Waals surface area contributed by atoms with Crippen LogP contribution in [0.2, 0.25) is 0 Å². The van der Waals surface area contributed by atoms with Crippen molar-refractivity contribution in [3.63, 3.8) is 0 Å². The van der Waals surface area contributed by atoms with E-state index in [0.717, 1.165) is 30.4 Å². The average molecular weight is 241 g/mol. The van der Waals surface area contributed by atoms with Crippen LogP contribution in [0.3, 0.4) is 0 Å². The number of benzene rings is 1. The zero-order valence-electron chi connectivity index (χ0n) is 10.6. The summed E-state index contributed by atoms with van der Waals surface area (Å²) < 4.78 is 5.78. The van der Waals surface area contributed by atoms with Gasteiger partial charge in [0.05, 0.1) is 6.54 Å². The van der Waals surface area contributed by atoms with Crippen molar-refractivity contribution in [2.45, 2.75) is 25.8 Å². The molecule has 1 aromatic carbocycles. The van der Waals surface area contributed by atoms with Gasteiger partial charge in [0.1, 0.15) is 11.3 Å². The van der Waals surface area contributed by atoms with Gasteiger partial charge in [-0.05, 0) is 43.9 Å². The molecular formula is C16H19NO. The Labute approximate surface area is 108 Å². The molecule has 1 heterocycles. The molecule has 2 nitrogen and oxygen atoms in total. The van der Waals surface area contributed by atoms with Gasteiger partial charge in [0, 0.05) is 5.39 Å². The first-order chi connectivity index (χ1) is 8.92. The fourth-order valence-corrected chi connectivity index (χ4v) is 2.57. The van der Waals surface area contributed by atoms with Gasteiger partial charge in [-0.2, -0.15) is 0 Å². The molecule has 1 unspecified atom stereocenters. The fraction of sp³-hybridized carbons (Fsp3) is 0.375. The predicted octanol–water partition coefficient (Wildman–Crippen LogP) is 3.88. The monoisotopic (exact) mass is 241 g/mol. The lowest BCUT2D eigenvalue weighted by atomic mass is 9.94. The van der Waals surface area contributed by atoms with Gasteiger partial charge in [0.15, 0.2) is 0 Å². The Bertz CT molecular complexity index is 508. The maximum atomic E-state index is 5.78. The summed E-state index contributed by atoms with van der Waals surface area (Å²) >= 11 is 0. The van der Waals surface area contributed by atoms with E-state index in [-0.39, 0.29) is 0 Å². The molecule has 1 aliphatic carbocycles. The Morgan fingerprint density at radius 1 is 1.22 bits per heavy atom. The van der Waals surface area contributed by atoms with Crippen LogP contribution < -0.4 is 5.32 Å². The van der Waals surface area contributed by atoms with Gasteiger partial charge >= 0.3 is 0 Å². The van der Waals surface area contributed by atoms with Crippen molar-refractivity contribution in [1.82, 2.24) is 5.32 Å². The molecule has 1 atom stereocenters. The summed E-state index contributed by atoms with van der Waals surface area (Å²) in [6, 6.07) is 10.3. The van der Waals surface area contributed by atoms with Crippen molar-refractivity contribution in [3.8, 4) is 0 Å². The van der Waals surface area contributed by atoms with Crippen molar-refractivity contribution < 1.29 is 4.42 Å². The summed E-state index contributed by atoms with van der Waals surface area (Å²) in [6.45, 7) is 1.91. The van der Waals surface area contributed by atoms with Crippen LogP contribution in [0.4, 0.5) is 0 Å². The molecule has 1 aliphatic rings. The quantitative estimate of drug-likeness (QED) is 0.822. The number of fused-ring (bicyclic) bond motifs is 1. The summed E-state index contributed by atoms with van der Waals surface area (Å²) in [5.41, 5.74) is 0.981. The first kappa shape index (κ1) is 11.5. The average Bonchev–Trinajstić information content (AvgIpc) is 2.82. The number of furan rings is 1. The van der Waals surface area contributed by atoms with Crippen LogP contribution in [0, 0.1) is 5.92 Å². The number of rotatable bonds is 4. The van der Waals surface area contributed by atoms with Crippen LogP contribution in [0.5, 0.6) is 0 Å². The van der Waals surface area contributed by atoms with Gasteiger partial charge in [-0.1, -0.05) is 30.4 Å². The summed E-state index contributed by atoms with van der Waals surface area (Å²) in [5.74, 6) is 1.82. The molecule has 0 fully saturated rings. The third kappa shape index (κ3) is 2.65. The second-order valence-corrected chi connectivity index (χ2v) is 5.03. The highest BCUT2D eigenvalue weighted by Crippen LogP contribution is 2.19. The number of hydrogen-bond acceptors (Lipinski definition) is 2. The summed E-state index contributed by atoms with van der Waals surface area (Å²) in [5, 5.41) is 4.69. The van der Waals surface area contributed by atoms with Crippen LogP contribution in [0.15, 0.2) is 46.9 Å². The van der Waals surface area contributed by atoms with Gasteiger partial charge in [0.25, 0.3) is 0 Å². The second-order valence-electron chi connectivity index (χ2n) is 5.03. The molecular weight excluding hydrogens is 222 g/mol. The van der Waals surface area contributed by atoms with E-state index in [4.69, 9.17) is 4.42 Å². The number of para-hydroxylation sites is 1. The van der Waals surface area contributed by atoms with Crippen LogP contribution >= 0.6 is 0 Å². The maximum absolute atomic E-state index is 5.78. The lowest BCUT2D eigenvalue weighted by Crippen LogP contribution is -2.22. The highest BCUT2D eigenvalue weighted by molar-refractivity contribution is 5.77. The molecule has 3 rings (SSSR count). The minimum atomic E-state index is 0.791. The molecule has 1 N–H and O–H groups in total. The zero-order valence-corrected chi connectivity index (χ0v) is 10.6. The Kier molecular flexibility index (Phi) is 3.47. The van der Waals surface area contributed by atoms with E-state index >= 15 is 0 Å². The molecule has 18 heavy (non-hydrogen) atoms. The smallest absolute Gasteiger partial charge is 0.134 e. The third-order valence-electron chi connectivity index (χ3n) is 3.59. The Morgan fingerprint density at radius 3 is 3.00 bits per heavy atom. The van der Waals surface area contributed by atoms with E-state index in [1.807, 2.05) is 18.2 Å². The number of allylic oxidation sites excluding steroid dienone is 2. The van der Waals surface area contributed by atoms with Crippen molar-refractivity contribution in [3.05, 3.63) is 48.2 Å². The van der Waals surface area contributed by atoms with E-state index in [1.165, 1.54) is 24.6 Å². The van der Waals surface area contributed by atoms with Gasteiger partial charge < -0.3 is 9.73 Å². The number of nitrogens with one attached hydrogen (secondary N) is 1. The van der Waals surface area contributed by atoms with Crippen LogP contribution in [0.1, 0.15) is 25.0 Å². The molecule has 0 saturated heterocycles. The minimum Gasteiger partial charge on any atom is -0.460 e. The highest BCUT2D eigenvalue weighted by Gasteiger charge is 2.09. The van der Waals surface area contributed by atoms with Crippen molar-refractivity contribution in [2.75, 3.05) is 6.54 Å². The lowest BCUT2D eigenvalue weighted by molar-refractivity contribution is 0.423. The normalized spacial score (nSPS) is 19.4. The Morgan fingerprint density at radius 2 is 2.17 bits per heavy atom. The fourth-order valence-electron chi connectivity index (χ4n) is 2.57. The third-order valence-corrected chi connectivity index (χ3v) is 3.59. The topological polar surface area (TPSA) is 25.2 Å². The van der Waals surface area contributed by atoms with E-state index < -0.39 is 0 Å². The van der Waals surface area contributed by atoms with E-state index in [2.05, 4.69) is 29.6 Å². The molecule has 0 radical (unpaired) electrons. The largest absolute Gasteiger partial charge is 0.460 e. The van der Waals surface area contributed by atoms with E-state index in [9.17, 15) is 0 Å². The Balaban J connectivity index is 1.54. The molecule has 0 aliphatic heterocycles. The highest BCUT2D eigenvalue weighted by atomic mass is 16.3. The van der Waals surface area contributed by atoms with Crippen molar-refractivity contribution in [1.29, 1.82) is 0 Å². The molecule has 2 aromatic rings. The van der Waals surface area contributed by atoms with Crippen LogP contribution in [-0.4, -0.2) is 6.54 Å². The van der Waals surface area contributed by atoms with Crippen LogP contribution in [-0.2, 0) is 6.54 Å².